The van der Waals surface area contributed by atoms with Crippen LogP contribution in [0.4, 0.5) is 10.1 Å². The maximum Gasteiger partial charge on any atom is 0.185 e. The van der Waals surface area contributed by atoms with Gasteiger partial charge >= 0.3 is 0 Å². The minimum atomic E-state index is -3.67. The van der Waals surface area contributed by atoms with Crippen LogP contribution in [0.15, 0.2) is 29.4 Å². The van der Waals surface area contributed by atoms with E-state index in [2.05, 4.69) is 10.1 Å². The summed E-state index contributed by atoms with van der Waals surface area (Å²) >= 11 is 0. The number of sulfone groups is 1. The fraction of sp³-hybridized carbons (Fsp3) is 0.273. The van der Waals surface area contributed by atoms with Gasteiger partial charge in [-0.15, -0.1) is 0 Å². The summed E-state index contributed by atoms with van der Waals surface area (Å²) in [6.45, 7) is 2.34. The zero-order valence-corrected chi connectivity index (χ0v) is 11.1. The summed E-state index contributed by atoms with van der Waals surface area (Å²) in [5.41, 5.74) is 5.23. The maximum atomic E-state index is 13.3. The molecule has 1 aromatic carbocycles. The molecule has 2 rings (SSSR count). The molecule has 0 saturated heterocycles. The molecule has 0 aliphatic carbocycles. The van der Waals surface area contributed by atoms with E-state index in [-0.39, 0.29) is 16.3 Å². The van der Waals surface area contributed by atoms with Crippen LogP contribution in [0.2, 0.25) is 0 Å². The second kappa shape index (κ2) is 4.96. The van der Waals surface area contributed by atoms with Crippen LogP contribution in [0.1, 0.15) is 12.7 Å². The highest BCUT2D eigenvalue weighted by Crippen LogP contribution is 2.19. The first kappa shape index (κ1) is 13.5. The summed E-state index contributed by atoms with van der Waals surface area (Å²) in [5, 5.41) is 3.89. The zero-order chi connectivity index (χ0) is 14.0. The summed E-state index contributed by atoms with van der Waals surface area (Å²) in [7, 11) is -3.67. The van der Waals surface area contributed by atoms with Gasteiger partial charge in [0.05, 0.1) is 10.6 Å². The largest absolute Gasteiger partial charge is 0.396 e. The lowest BCUT2D eigenvalue weighted by atomic mass is 10.3. The lowest BCUT2D eigenvalue weighted by molar-refractivity contribution is 0.581. The smallest absolute Gasteiger partial charge is 0.185 e. The average Bonchev–Trinajstić information content (AvgIpc) is 2.79. The molecule has 0 aliphatic rings. The van der Waals surface area contributed by atoms with Crippen molar-refractivity contribution in [2.24, 2.45) is 0 Å². The van der Waals surface area contributed by atoms with Gasteiger partial charge in [-0.2, -0.15) is 5.10 Å². The minimum Gasteiger partial charge on any atom is -0.396 e. The topological polar surface area (TPSA) is 90.9 Å². The van der Waals surface area contributed by atoms with E-state index in [4.69, 9.17) is 5.73 Å². The standard InChI is InChI=1S/C11H13FN4O2S/c1-2-16-11(14-7-15-16)6-19(17,18)8-3-4-10(13)9(12)5-8/h3-5,7H,2,6,13H2,1H3. The van der Waals surface area contributed by atoms with Crippen molar-refractivity contribution in [3.05, 3.63) is 36.2 Å². The van der Waals surface area contributed by atoms with E-state index in [0.717, 1.165) is 6.07 Å². The maximum absolute atomic E-state index is 13.3. The van der Waals surface area contributed by atoms with Gasteiger partial charge in [-0.3, -0.25) is 0 Å². The predicted molar refractivity (Wildman–Crippen MR) is 67.4 cm³/mol. The van der Waals surface area contributed by atoms with Crippen LogP contribution < -0.4 is 5.73 Å². The van der Waals surface area contributed by atoms with E-state index in [1.807, 2.05) is 6.92 Å². The molecule has 6 nitrogen and oxygen atoms in total. The number of nitrogens with two attached hydrogens (primary N) is 1. The van der Waals surface area contributed by atoms with Crippen molar-refractivity contribution in [2.75, 3.05) is 5.73 Å². The van der Waals surface area contributed by atoms with Crippen molar-refractivity contribution < 1.29 is 12.8 Å². The van der Waals surface area contributed by atoms with Crippen molar-refractivity contribution in [3.8, 4) is 0 Å². The van der Waals surface area contributed by atoms with Crippen molar-refractivity contribution in [1.82, 2.24) is 14.8 Å². The number of hydrogen-bond donors (Lipinski definition) is 1. The lowest BCUT2D eigenvalue weighted by Crippen LogP contribution is -2.12. The molecule has 0 radical (unpaired) electrons. The van der Waals surface area contributed by atoms with Gasteiger partial charge in [0.25, 0.3) is 0 Å². The molecule has 0 bridgehead atoms. The second-order valence-corrected chi connectivity index (χ2v) is 5.92. The van der Waals surface area contributed by atoms with Crippen LogP contribution in [0, 0.1) is 5.82 Å². The van der Waals surface area contributed by atoms with Gasteiger partial charge in [-0.1, -0.05) is 0 Å². The number of anilines is 1. The van der Waals surface area contributed by atoms with Gasteiger partial charge in [-0.05, 0) is 25.1 Å². The Labute approximate surface area is 110 Å². The third kappa shape index (κ3) is 2.73. The third-order valence-corrected chi connectivity index (χ3v) is 4.26. The number of benzene rings is 1. The molecule has 0 atom stereocenters. The first-order valence-corrected chi connectivity index (χ1v) is 7.23. The fourth-order valence-corrected chi connectivity index (χ4v) is 2.91. The molecule has 1 aromatic heterocycles. The van der Waals surface area contributed by atoms with Crippen LogP contribution in [-0.4, -0.2) is 23.2 Å². The number of rotatable bonds is 4. The third-order valence-electron chi connectivity index (χ3n) is 2.65. The molecule has 0 amide bonds. The molecule has 102 valence electrons. The van der Waals surface area contributed by atoms with E-state index >= 15 is 0 Å². The van der Waals surface area contributed by atoms with Gasteiger partial charge in [0.1, 0.15) is 23.7 Å². The van der Waals surface area contributed by atoms with Crippen LogP contribution in [0.3, 0.4) is 0 Å². The SMILES string of the molecule is CCn1ncnc1CS(=O)(=O)c1ccc(N)c(F)c1. The van der Waals surface area contributed by atoms with E-state index in [9.17, 15) is 12.8 Å². The quantitative estimate of drug-likeness (QED) is 0.845. The summed E-state index contributed by atoms with van der Waals surface area (Å²) in [6.07, 6.45) is 1.29. The Morgan fingerprint density at radius 2 is 2.16 bits per heavy atom. The first-order chi connectivity index (χ1) is 8.94. The van der Waals surface area contributed by atoms with Gasteiger partial charge < -0.3 is 5.73 Å². The molecule has 0 spiro atoms. The molecule has 0 saturated carbocycles. The molecule has 2 N–H and O–H groups in total. The number of nitrogen functional groups attached to an aromatic ring is 1. The summed E-state index contributed by atoms with van der Waals surface area (Å²) in [5.74, 6) is -0.762. The van der Waals surface area contributed by atoms with E-state index in [1.54, 1.807) is 0 Å². The van der Waals surface area contributed by atoms with E-state index in [1.165, 1.54) is 23.1 Å². The number of halogens is 1. The molecule has 0 fully saturated rings. The first-order valence-electron chi connectivity index (χ1n) is 5.58. The van der Waals surface area contributed by atoms with Crippen LogP contribution >= 0.6 is 0 Å². The van der Waals surface area contributed by atoms with E-state index in [0.29, 0.717) is 12.4 Å². The monoisotopic (exact) mass is 284 g/mol. The molecular formula is C11H13FN4O2S. The molecule has 1 heterocycles. The minimum absolute atomic E-state index is 0.0873. The lowest BCUT2D eigenvalue weighted by Gasteiger charge is -2.06. The molecule has 8 heteroatoms. The van der Waals surface area contributed by atoms with Crippen molar-refractivity contribution in [1.29, 1.82) is 0 Å². The molecule has 0 aliphatic heterocycles. The van der Waals surface area contributed by atoms with Crippen molar-refractivity contribution in [2.45, 2.75) is 24.1 Å². The number of nitrogens with zero attached hydrogens (tertiary/aromatic N) is 3. The number of hydrogen-bond acceptors (Lipinski definition) is 5. The Kier molecular flexibility index (Phi) is 3.52. The normalized spacial score (nSPS) is 11.7. The summed E-state index contributed by atoms with van der Waals surface area (Å²) in [4.78, 5) is 3.77. The predicted octanol–water partition coefficient (Wildman–Crippen LogP) is 0.993. The second-order valence-electron chi connectivity index (χ2n) is 3.93. The number of aryl methyl sites for hydroxylation is 1. The molecular weight excluding hydrogens is 271 g/mol. The van der Waals surface area contributed by atoms with Gasteiger partial charge in [-0.25, -0.2) is 22.5 Å². The van der Waals surface area contributed by atoms with Crippen LogP contribution in [0.25, 0.3) is 0 Å². The molecule has 19 heavy (non-hydrogen) atoms. The Hall–Kier alpha value is -1.96. The van der Waals surface area contributed by atoms with Crippen LogP contribution in [-0.2, 0) is 22.1 Å². The van der Waals surface area contributed by atoms with Gasteiger partial charge in [0, 0.05) is 6.54 Å². The summed E-state index contributed by atoms with van der Waals surface area (Å²) in [6, 6.07) is 3.42. The highest BCUT2D eigenvalue weighted by atomic mass is 32.2. The van der Waals surface area contributed by atoms with E-state index < -0.39 is 15.7 Å². The highest BCUT2D eigenvalue weighted by molar-refractivity contribution is 7.90. The Bertz CT molecular complexity index is 696. The summed E-state index contributed by atoms with van der Waals surface area (Å²) < 4.78 is 39.1. The molecule has 2 aromatic rings. The van der Waals surface area contributed by atoms with Gasteiger partial charge in [0.2, 0.25) is 0 Å². The van der Waals surface area contributed by atoms with Crippen molar-refractivity contribution in [3.63, 3.8) is 0 Å². The highest BCUT2D eigenvalue weighted by Gasteiger charge is 2.20. The zero-order valence-electron chi connectivity index (χ0n) is 10.2. The fourth-order valence-electron chi connectivity index (χ4n) is 1.62. The Morgan fingerprint density at radius 1 is 1.42 bits per heavy atom. The Morgan fingerprint density at radius 3 is 2.79 bits per heavy atom. The van der Waals surface area contributed by atoms with Gasteiger partial charge in [0.15, 0.2) is 9.84 Å². The Balaban J connectivity index is 2.35. The number of aromatic nitrogens is 3. The van der Waals surface area contributed by atoms with Crippen molar-refractivity contribution >= 4 is 15.5 Å². The molecule has 0 unspecified atom stereocenters. The van der Waals surface area contributed by atoms with Crippen LogP contribution in [0.5, 0.6) is 0 Å². The average molecular weight is 284 g/mol.